The Morgan fingerprint density at radius 3 is 2.23 bits per heavy atom. The number of carbonyl (C=O) groups is 1. The van der Waals surface area contributed by atoms with Gasteiger partial charge in [-0.1, -0.05) is 73.5 Å². The van der Waals surface area contributed by atoms with Crippen molar-refractivity contribution < 1.29 is 14.0 Å². The molecule has 0 radical (unpaired) electrons. The topological polar surface area (TPSA) is 29.5 Å². The zero-order valence-electron chi connectivity index (χ0n) is 21.5. The summed E-state index contributed by atoms with van der Waals surface area (Å²) in [4.78, 5) is 16.5. The molecule has 2 bridgehead atoms. The van der Waals surface area contributed by atoms with Gasteiger partial charge in [0.1, 0.15) is 12.1 Å². The second kappa shape index (κ2) is 10.8. The summed E-state index contributed by atoms with van der Waals surface area (Å²) in [7, 11) is 0. The van der Waals surface area contributed by atoms with Crippen LogP contribution in [0.25, 0.3) is 0 Å². The van der Waals surface area contributed by atoms with E-state index in [4.69, 9.17) is 4.74 Å². The van der Waals surface area contributed by atoms with Crippen LogP contribution in [0.15, 0.2) is 60.7 Å². The Morgan fingerprint density at radius 2 is 1.57 bits per heavy atom. The Balaban J connectivity index is 1.29. The summed E-state index contributed by atoms with van der Waals surface area (Å²) in [5.74, 6) is 0.490. The third kappa shape index (κ3) is 5.34. The standard InChI is InChI=1S/C31H43N2O2/c1-31(28-16-8-5-9-17-28,32-20-10-2-3-11-21-32)30(34)35-29-25-33(23-18-27(29)19-24-33)22-12-15-26-13-6-4-7-14-26/h4-9,13-14,16-17,27,29H,2-3,10-12,15,18-25H2,1H3/q+1/t27?,29-,31?,33?/m0/s1. The first-order chi connectivity index (χ1) is 17.1. The Hall–Kier alpha value is -2.17. The Bertz CT molecular complexity index is 946. The smallest absolute Gasteiger partial charge is 0.331 e. The summed E-state index contributed by atoms with van der Waals surface area (Å²) in [6.45, 7) is 8.72. The molecule has 4 aliphatic heterocycles. The second-order valence-electron chi connectivity index (χ2n) is 11.4. The predicted octanol–water partition coefficient (Wildman–Crippen LogP) is 5.56. The summed E-state index contributed by atoms with van der Waals surface area (Å²) in [5, 5.41) is 0. The summed E-state index contributed by atoms with van der Waals surface area (Å²) >= 11 is 0. The number of nitrogens with zero attached hydrogens (tertiary/aromatic N) is 2. The van der Waals surface area contributed by atoms with Crippen LogP contribution in [0.4, 0.5) is 0 Å². The highest BCUT2D eigenvalue weighted by molar-refractivity contribution is 5.82. The van der Waals surface area contributed by atoms with Crippen LogP contribution in [-0.2, 0) is 21.5 Å². The van der Waals surface area contributed by atoms with Crippen LogP contribution < -0.4 is 0 Å². The number of ether oxygens (including phenoxy) is 1. The van der Waals surface area contributed by atoms with Gasteiger partial charge in [0.2, 0.25) is 0 Å². The van der Waals surface area contributed by atoms with Crippen molar-refractivity contribution in [3.05, 3.63) is 71.8 Å². The molecule has 35 heavy (non-hydrogen) atoms. The van der Waals surface area contributed by atoms with Crippen LogP contribution in [0.3, 0.4) is 0 Å². The molecule has 1 unspecified atom stereocenters. The monoisotopic (exact) mass is 475 g/mol. The minimum Gasteiger partial charge on any atom is -0.454 e. The Labute approximate surface area is 211 Å². The van der Waals surface area contributed by atoms with E-state index in [-0.39, 0.29) is 12.1 Å². The summed E-state index contributed by atoms with van der Waals surface area (Å²) in [6, 6.07) is 21.2. The van der Waals surface area contributed by atoms with E-state index in [2.05, 4.69) is 66.4 Å². The predicted molar refractivity (Wildman–Crippen MR) is 141 cm³/mol. The molecule has 0 N–H and O–H groups in total. The molecule has 2 atom stereocenters. The van der Waals surface area contributed by atoms with Gasteiger partial charge in [0.15, 0.2) is 6.10 Å². The summed E-state index contributed by atoms with van der Waals surface area (Å²) in [5.41, 5.74) is 1.78. The fraction of sp³-hybridized carbons (Fsp3) is 0.581. The molecule has 4 fully saturated rings. The van der Waals surface area contributed by atoms with Gasteiger partial charge in [0, 0.05) is 25.2 Å². The highest BCUT2D eigenvalue weighted by Crippen LogP contribution is 2.39. The maximum absolute atomic E-state index is 14.1. The van der Waals surface area contributed by atoms with Crippen molar-refractivity contribution in [2.24, 2.45) is 5.92 Å². The van der Waals surface area contributed by atoms with E-state index < -0.39 is 5.54 Å². The Morgan fingerprint density at radius 1 is 0.943 bits per heavy atom. The molecule has 0 spiro atoms. The first-order valence-electron chi connectivity index (χ1n) is 14.0. The molecular formula is C31H43N2O2+. The van der Waals surface area contributed by atoms with Gasteiger partial charge < -0.3 is 9.22 Å². The SMILES string of the molecule is CC(C(=O)O[C@H]1C[N+]2(CCCc3ccccc3)CCC1CC2)(c1ccccc1)N1CCCCCC1. The third-order valence-corrected chi connectivity index (χ3v) is 9.21. The fourth-order valence-corrected chi connectivity index (χ4v) is 6.89. The van der Waals surface area contributed by atoms with E-state index in [0.29, 0.717) is 5.92 Å². The lowest BCUT2D eigenvalue weighted by Crippen LogP contribution is -2.65. The normalized spacial score (nSPS) is 28.7. The molecule has 4 heteroatoms. The van der Waals surface area contributed by atoms with Crippen LogP contribution >= 0.6 is 0 Å². The van der Waals surface area contributed by atoms with E-state index in [1.807, 2.05) is 6.07 Å². The van der Waals surface area contributed by atoms with E-state index in [0.717, 1.165) is 48.9 Å². The largest absolute Gasteiger partial charge is 0.454 e. The van der Waals surface area contributed by atoms with Crippen molar-refractivity contribution in [3.63, 3.8) is 0 Å². The first kappa shape index (κ1) is 24.5. The average molecular weight is 476 g/mol. The minimum absolute atomic E-state index is 0.0354. The van der Waals surface area contributed by atoms with E-state index in [1.54, 1.807) is 0 Å². The second-order valence-corrected chi connectivity index (χ2v) is 11.4. The number of rotatable bonds is 8. The number of hydrogen-bond acceptors (Lipinski definition) is 3. The van der Waals surface area contributed by atoms with E-state index in [1.165, 1.54) is 57.3 Å². The number of quaternary nitrogens is 1. The van der Waals surface area contributed by atoms with Crippen LogP contribution in [0, 0.1) is 5.92 Å². The molecule has 4 heterocycles. The van der Waals surface area contributed by atoms with E-state index in [9.17, 15) is 4.79 Å². The van der Waals surface area contributed by atoms with Crippen molar-refractivity contribution >= 4 is 5.97 Å². The van der Waals surface area contributed by atoms with Crippen LogP contribution in [0.5, 0.6) is 0 Å². The molecule has 0 amide bonds. The van der Waals surface area contributed by atoms with Gasteiger partial charge in [-0.05, 0) is 50.4 Å². The third-order valence-electron chi connectivity index (χ3n) is 9.21. The first-order valence-corrected chi connectivity index (χ1v) is 14.0. The van der Waals surface area contributed by atoms with Crippen molar-refractivity contribution in [3.8, 4) is 0 Å². The summed E-state index contributed by atoms with van der Waals surface area (Å²) in [6.07, 6.45) is 9.59. The molecule has 0 saturated carbocycles. The number of esters is 1. The molecule has 4 saturated heterocycles. The molecule has 4 aliphatic rings. The van der Waals surface area contributed by atoms with E-state index >= 15 is 0 Å². The average Bonchev–Trinajstić information content (AvgIpc) is 3.20. The number of fused-ring (bicyclic) bond motifs is 3. The number of likely N-dealkylation sites (tertiary alicyclic amines) is 1. The zero-order valence-corrected chi connectivity index (χ0v) is 21.5. The van der Waals surface area contributed by atoms with Crippen molar-refractivity contribution in [2.75, 3.05) is 39.3 Å². The van der Waals surface area contributed by atoms with Crippen molar-refractivity contribution in [2.45, 2.75) is 69.9 Å². The number of aryl methyl sites for hydroxylation is 1. The molecule has 188 valence electrons. The molecule has 2 aromatic carbocycles. The van der Waals surface area contributed by atoms with Crippen LogP contribution in [0.2, 0.25) is 0 Å². The van der Waals surface area contributed by atoms with Gasteiger partial charge in [-0.3, -0.25) is 4.90 Å². The van der Waals surface area contributed by atoms with Crippen LogP contribution in [-0.4, -0.2) is 60.7 Å². The lowest BCUT2D eigenvalue weighted by molar-refractivity contribution is -0.946. The number of hydrogen-bond donors (Lipinski definition) is 0. The molecule has 6 rings (SSSR count). The molecule has 0 aromatic heterocycles. The highest BCUT2D eigenvalue weighted by atomic mass is 16.5. The minimum atomic E-state index is -0.713. The molecule has 4 nitrogen and oxygen atoms in total. The van der Waals surface area contributed by atoms with Gasteiger partial charge in [-0.25, -0.2) is 4.79 Å². The Kier molecular flexibility index (Phi) is 7.59. The maximum Gasteiger partial charge on any atom is 0.331 e. The highest BCUT2D eigenvalue weighted by Gasteiger charge is 2.50. The van der Waals surface area contributed by atoms with Crippen molar-refractivity contribution in [1.82, 2.24) is 4.90 Å². The molecule has 2 aromatic rings. The summed E-state index contributed by atoms with van der Waals surface area (Å²) < 4.78 is 7.66. The van der Waals surface area contributed by atoms with Gasteiger partial charge >= 0.3 is 5.97 Å². The van der Waals surface area contributed by atoms with Gasteiger partial charge in [-0.2, -0.15) is 0 Å². The fourth-order valence-electron chi connectivity index (χ4n) is 6.89. The van der Waals surface area contributed by atoms with Gasteiger partial charge in [0.25, 0.3) is 0 Å². The number of carbonyl (C=O) groups excluding carboxylic acids is 1. The quantitative estimate of drug-likeness (QED) is 0.370. The number of piperidine rings is 3. The maximum atomic E-state index is 14.1. The molecular weight excluding hydrogens is 432 g/mol. The van der Waals surface area contributed by atoms with Gasteiger partial charge in [-0.15, -0.1) is 0 Å². The lowest BCUT2D eigenvalue weighted by atomic mass is 9.82. The lowest BCUT2D eigenvalue weighted by Gasteiger charge is -2.52. The zero-order chi connectivity index (χ0) is 24.1. The van der Waals surface area contributed by atoms with Crippen LogP contribution in [0.1, 0.15) is 63.0 Å². The molecule has 0 aliphatic carbocycles. The number of benzene rings is 2. The van der Waals surface area contributed by atoms with Gasteiger partial charge in [0.05, 0.1) is 19.6 Å². The van der Waals surface area contributed by atoms with Crippen molar-refractivity contribution in [1.29, 1.82) is 0 Å².